The van der Waals surface area contributed by atoms with E-state index in [1.54, 1.807) is 0 Å². The molecule has 2 atom stereocenters. The van der Waals surface area contributed by atoms with Gasteiger partial charge in [0.2, 0.25) is 5.88 Å². The Bertz CT molecular complexity index is 804. The minimum absolute atomic E-state index is 0.0116. The minimum Gasteiger partial charge on any atom is -0.465 e. The van der Waals surface area contributed by atoms with Gasteiger partial charge in [-0.25, -0.2) is 14.2 Å². The second kappa shape index (κ2) is 8.83. The summed E-state index contributed by atoms with van der Waals surface area (Å²) in [6.45, 7) is 0. The number of pyridine rings is 1. The summed E-state index contributed by atoms with van der Waals surface area (Å²) in [4.78, 5) is 14.6. The van der Waals surface area contributed by atoms with Gasteiger partial charge < -0.3 is 20.3 Å². The summed E-state index contributed by atoms with van der Waals surface area (Å²) in [5.74, 6) is -1.36. The molecule has 0 saturated heterocycles. The first kappa shape index (κ1) is 21.4. The van der Waals surface area contributed by atoms with E-state index in [9.17, 15) is 31.9 Å². The molecule has 6 nitrogen and oxygen atoms in total. The third-order valence-electron chi connectivity index (χ3n) is 3.61. The fraction of sp³-hybridized carbons (Fsp3) is 0.294. The number of amides is 1. The maximum Gasteiger partial charge on any atom is 0.462 e. The number of alkyl halides is 4. The SMILES string of the molecule is O=C(O)N[C@H](Cc1cccc(OC(F)(F)C(F)F)n1)[C@H](O)c1ccc(F)cc1. The third-order valence-corrected chi connectivity index (χ3v) is 3.61. The Kier molecular flexibility index (Phi) is 6.73. The number of aromatic nitrogens is 1. The Balaban J connectivity index is 2.21. The van der Waals surface area contributed by atoms with Crippen molar-refractivity contribution >= 4 is 6.09 Å². The first-order valence-corrected chi connectivity index (χ1v) is 7.82. The summed E-state index contributed by atoms with van der Waals surface area (Å²) in [5.41, 5.74) is 0.180. The van der Waals surface area contributed by atoms with Crippen molar-refractivity contribution in [2.24, 2.45) is 0 Å². The number of hydrogen-bond acceptors (Lipinski definition) is 4. The van der Waals surface area contributed by atoms with E-state index in [-0.39, 0.29) is 17.7 Å². The molecule has 1 aromatic carbocycles. The molecule has 11 heteroatoms. The van der Waals surface area contributed by atoms with Crippen LogP contribution >= 0.6 is 0 Å². The number of aliphatic hydroxyl groups excluding tert-OH is 1. The lowest BCUT2D eigenvalue weighted by atomic mass is 9.98. The molecular formula is C17H15F5N2O4. The number of ether oxygens (including phenoxy) is 1. The van der Waals surface area contributed by atoms with Crippen LogP contribution in [0.15, 0.2) is 42.5 Å². The molecule has 2 rings (SSSR count). The Hall–Kier alpha value is -2.95. The Morgan fingerprint density at radius 2 is 1.82 bits per heavy atom. The number of nitrogens with zero attached hydrogens (tertiary/aromatic N) is 1. The Labute approximate surface area is 155 Å². The van der Waals surface area contributed by atoms with Crippen molar-refractivity contribution in [2.45, 2.75) is 31.1 Å². The predicted octanol–water partition coefficient (Wildman–Crippen LogP) is 3.37. The van der Waals surface area contributed by atoms with Crippen molar-refractivity contribution in [1.82, 2.24) is 10.3 Å². The number of nitrogens with one attached hydrogen (secondary N) is 1. The van der Waals surface area contributed by atoms with E-state index in [0.29, 0.717) is 0 Å². The van der Waals surface area contributed by atoms with Crippen molar-refractivity contribution in [2.75, 3.05) is 0 Å². The summed E-state index contributed by atoms with van der Waals surface area (Å²) in [7, 11) is 0. The van der Waals surface area contributed by atoms with Gasteiger partial charge in [0.15, 0.2) is 0 Å². The number of carboxylic acid groups (broad SMARTS) is 1. The zero-order chi connectivity index (χ0) is 20.9. The molecule has 3 N–H and O–H groups in total. The summed E-state index contributed by atoms with van der Waals surface area (Å²) in [6.07, 6.45) is -12.0. The molecule has 2 aromatic rings. The molecule has 152 valence electrons. The third kappa shape index (κ3) is 5.78. The monoisotopic (exact) mass is 406 g/mol. The van der Waals surface area contributed by atoms with Gasteiger partial charge in [0.05, 0.1) is 12.1 Å². The fourth-order valence-corrected chi connectivity index (χ4v) is 2.33. The first-order valence-electron chi connectivity index (χ1n) is 7.82. The highest BCUT2D eigenvalue weighted by atomic mass is 19.3. The molecule has 0 aliphatic heterocycles. The van der Waals surface area contributed by atoms with E-state index in [0.717, 1.165) is 18.2 Å². The lowest BCUT2D eigenvalue weighted by Gasteiger charge is -2.23. The van der Waals surface area contributed by atoms with Crippen LogP contribution in [0.3, 0.4) is 0 Å². The smallest absolute Gasteiger partial charge is 0.462 e. The van der Waals surface area contributed by atoms with E-state index >= 15 is 0 Å². The second-order valence-corrected chi connectivity index (χ2v) is 5.69. The van der Waals surface area contributed by atoms with Crippen LogP contribution in [0, 0.1) is 5.82 Å². The van der Waals surface area contributed by atoms with Gasteiger partial charge in [-0.05, 0) is 23.8 Å². The minimum atomic E-state index is -4.75. The van der Waals surface area contributed by atoms with Gasteiger partial charge in [-0.1, -0.05) is 18.2 Å². The molecule has 0 fully saturated rings. The topological polar surface area (TPSA) is 91.7 Å². The molecule has 0 aliphatic rings. The largest absolute Gasteiger partial charge is 0.465 e. The normalized spacial score (nSPS) is 13.8. The first-order chi connectivity index (χ1) is 13.1. The molecular weight excluding hydrogens is 391 g/mol. The molecule has 0 radical (unpaired) electrons. The molecule has 28 heavy (non-hydrogen) atoms. The fourth-order valence-electron chi connectivity index (χ4n) is 2.33. The molecule has 0 spiro atoms. The molecule has 1 amide bonds. The molecule has 0 saturated carbocycles. The summed E-state index contributed by atoms with van der Waals surface area (Å²) >= 11 is 0. The zero-order valence-corrected chi connectivity index (χ0v) is 14.0. The van der Waals surface area contributed by atoms with Crippen molar-refractivity contribution in [1.29, 1.82) is 0 Å². The van der Waals surface area contributed by atoms with E-state index in [1.165, 1.54) is 24.3 Å². The Morgan fingerprint density at radius 1 is 1.18 bits per heavy atom. The molecule has 1 heterocycles. The van der Waals surface area contributed by atoms with Crippen molar-refractivity contribution < 1.29 is 41.7 Å². The van der Waals surface area contributed by atoms with E-state index in [1.807, 2.05) is 0 Å². The lowest BCUT2D eigenvalue weighted by molar-refractivity contribution is -0.254. The average Bonchev–Trinajstić information content (AvgIpc) is 2.60. The van der Waals surface area contributed by atoms with Crippen molar-refractivity contribution in [3.8, 4) is 5.88 Å². The van der Waals surface area contributed by atoms with Gasteiger partial charge in [0.25, 0.3) is 0 Å². The van der Waals surface area contributed by atoms with Crippen LogP contribution in [-0.4, -0.2) is 39.9 Å². The van der Waals surface area contributed by atoms with Gasteiger partial charge in [0.1, 0.15) is 5.82 Å². The zero-order valence-electron chi connectivity index (χ0n) is 14.0. The number of aliphatic hydroxyl groups is 1. The van der Waals surface area contributed by atoms with Gasteiger partial charge in [0, 0.05) is 18.2 Å². The molecule has 0 bridgehead atoms. The highest BCUT2D eigenvalue weighted by molar-refractivity contribution is 5.65. The summed E-state index contributed by atoms with van der Waals surface area (Å²) in [6, 6.07) is 6.85. The Morgan fingerprint density at radius 3 is 2.39 bits per heavy atom. The molecule has 0 unspecified atom stereocenters. The lowest BCUT2D eigenvalue weighted by Crippen LogP contribution is -2.40. The highest BCUT2D eigenvalue weighted by Crippen LogP contribution is 2.27. The van der Waals surface area contributed by atoms with Gasteiger partial charge in [-0.2, -0.15) is 17.6 Å². The van der Waals surface area contributed by atoms with E-state index in [4.69, 9.17) is 5.11 Å². The maximum atomic E-state index is 13.0. The van der Waals surface area contributed by atoms with Crippen LogP contribution in [-0.2, 0) is 6.42 Å². The average molecular weight is 406 g/mol. The van der Waals surface area contributed by atoms with Crippen LogP contribution in [0.5, 0.6) is 5.88 Å². The summed E-state index contributed by atoms with van der Waals surface area (Å²) in [5, 5.41) is 21.4. The number of hydrogen-bond donors (Lipinski definition) is 3. The van der Waals surface area contributed by atoms with E-state index < -0.39 is 42.5 Å². The van der Waals surface area contributed by atoms with Crippen LogP contribution in [0.25, 0.3) is 0 Å². The van der Waals surface area contributed by atoms with Crippen LogP contribution < -0.4 is 10.1 Å². The van der Waals surface area contributed by atoms with Crippen molar-refractivity contribution in [3.05, 3.63) is 59.5 Å². The molecule has 0 aliphatic carbocycles. The van der Waals surface area contributed by atoms with Crippen LogP contribution in [0.4, 0.5) is 26.7 Å². The standard InChI is InChI=1S/C17H15F5N2O4/c18-10-6-4-9(5-7-10)14(25)12(24-16(26)27)8-11-2-1-3-13(23-11)28-17(21,22)15(19)20/h1-7,12,14-15,24-25H,8H2,(H,26,27)/t12-,14-/m1/s1. The second-order valence-electron chi connectivity index (χ2n) is 5.69. The number of carbonyl (C=O) groups is 1. The van der Waals surface area contributed by atoms with E-state index in [2.05, 4.69) is 15.0 Å². The van der Waals surface area contributed by atoms with Gasteiger partial charge in [-0.3, -0.25) is 0 Å². The van der Waals surface area contributed by atoms with Gasteiger partial charge in [-0.15, -0.1) is 0 Å². The number of halogens is 5. The molecule has 1 aromatic heterocycles. The maximum absolute atomic E-state index is 13.0. The van der Waals surface area contributed by atoms with Gasteiger partial charge >= 0.3 is 18.6 Å². The van der Waals surface area contributed by atoms with Crippen molar-refractivity contribution in [3.63, 3.8) is 0 Å². The number of benzene rings is 1. The quantitative estimate of drug-likeness (QED) is 0.585. The summed E-state index contributed by atoms with van der Waals surface area (Å²) < 4.78 is 67.4. The highest BCUT2D eigenvalue weighted by Gasteiger charge is 2.44. The van der Waals surface area contributed by atoms with Crippen LogP contribution in [0.2, 0.25) is 0 Å². The number of rotatable bonds is 8. The van der Waals surface area contributed by atoms with Crippen LogP contribution in [0.1, 0.15) is 17.4 Å². The predicted molar refractivity (Wildman–Crippen MR) is 85.8 cm³/mol.